The summed E-state index contributed by atoms with van der Waals surface area (Å²) in [5, 5.41) is 2.96. The van der Waals surface area contributed by atoms with Crippen molar-refractivity contribution in [2.45, 2.75) is 44.6 Å². The van der Waals surface area contributed by atoms with Crippen molar-refractivity contribution in [2.24, 2.45) is 17.8 Å². The smallest absolute Gasteiger partial charge is 0.317 e. The Labute approximate surface area is 187 Å². The van der Waals surface area contributed by atoms with E-state index in [9.17, 15) is 13.6 Å². The number of halogens is 2. The molecular weight excluding hydrogens is 410 g/mol. The molecule has 2 aromatic carbocycles. The summed E-state index contributed by atoms with van der Waals surface area (Å²) in [6.45, 7) is 1.34. The van der Waals surface area contributed by atoms with Crippen LogP contribution in [0.25, 0.3) is 0 Å². The van der Waals surface area contributed by atoms with Crippen molar-refractivity contribution in [3.63, 3.8) is 0 Å². The Morgan fingerprint density at radius 2 is 1.97 bits per heavy atom. The zero-order chi connectivity index (χ0) is 22.2. The lowest BCUT2D eigenvalue weighted by atomic mass is 9.83. The molecule has 5 rings (SSSR count). The highest BCUT2D eigenvalue weighted by molar-refractivity contribution is 5.75. The van der Waals surface area contributed by atoms with Crippen LogP contribution in [0.2, 0.25) is 0 Å². The molecule has 2 aromatic rings. The fraction of sp³-hybridized carbons (Fsp3) is 0.500. The highest BCUT2D eigenvalue weighted by Crippen LogP contribution is 2.50. The van der Waals surface area contributed by atoms with Crippen LogP contribution in [-0.2, 0) is 13.0 Å². The van der Waals surface area contributed by atoms with E-state index in [1.54, 1.807) is 12.0 Å². The first-order valence-electron chi connectivity index (χ1n) is 11.6. The third kappa shape index (κ3) is 4.19. The third-order valence-electron chi connectivity index (χ3n) is 7.73. The lowest BCUT2D eigenvalue weighted by molar-refractivity contribution is 0.176. The molecule has 0 aromatic heterocycles. The number of methoxy groups -OCH3 is 1. The largest absolute Gasteiger partial charge is 0.496 e. The maximum absolute atomic E-state index is 13.6. The quantitative estimate of drug-likeness (QED) is 0.666. The molecule has 1 heterocycles. The van der Waals surface area contributed by atoms with Crippen LogP contribution in [0.4, 0.5) is 13.6 Å². The third-order valence-corrected chi connectivity index (χ3v) is 7.73. The van der Waals surface area contributed by atoms with Crippen LogP contribution >= 0.6 is 0 Å². The maximum atomic E-state index is 13.6. The average molecular weight is 441 g/mol. The number of benzene rings is 2. The molecule has 1 aliphatic heterocycles. The Bertz CT molecular complexity index is 1010. The predicted octanol–water partition coefficient (Wildman–Crippen LogP) is 5.26. The van der Waals surface area contributed by atoms with Crippen molar-refractivity contribution < 1.29 is 18.3 Å². The number of hydrogen-bond donors (Lipinski definition) is 1. The van der Waals surface area contributed by atoms with Gasteiger partial charge in [-0.3, -0.25) is 0 Å². The van der Waals surface area contributed by atoms with Crippen LogP contribution in [-0.4, -0.2) is 31.1 Å². The number of ether oxygens (including phenoxy) is 1. The number of urea groups is 1. The summed E-state index contributed by atoms with van der Waals surface area (Å²) in [5.74, 6) is 1.81. The van der Waals surface area contributed by atoms with Crippen molar-refractivity contribution in [1.82, 2.24) is 10.2 Å². The Morgan fingerprint density at radius 1 is 1.09 bits per heavy atom. The van der Waals surface area contributed by atoms with E-state index in [1.165, 1.54) is 42.9 Å². The maximum Gasteiger partial charge on any atom is 0.317 e. The first-order valence-corrected chi connectivity index (χ1v) is 11.6. The highest BCUT2D eigenvalue weighted by Gasteiger charge is 2.39. The molecule has 2 saturated carbocycles. The Balaban J connectivity index is 1.32. The van der Waals surface area contributed by atoms with Gasteiger partial charge in [0.05, 0.1) is 7.11 Å². The van der Waals surface area contributed by atoms with Gasteiger partial charge in [-0.1, -0.05) is 24.6 Å². The fourth-order valence-corrected chi connectivity index (χ4v) is 6.07. The van der Waals surface area contributed by atoms with Gasteiger partial charge in [0.25, 0.3) is 0 Å². The first-order chi connectivity index (χ1) is 15.5. The molecule has 1 N–H and O–H groups in total. The van der Waals surface area contributed by atoms with Crippen LogP contribution in [0.15, 0.2) is 36.4 Å². The van der Waals surface area contributed by atoms with Crippen molar-refractivity contribution in [3.05, 3.63) is 64.7 Å². The second-order valence-corrected chi connectivity index (χ2v) is 9.72. The number of fused-ring (bicyclic) bond motifs is 2. The van der Waals surface area contributed by atoms with E-state index in [4.69, 9.17) is 4.74 Å². The summed E-state index contributed by atoms with van der Waals surface area (Å²) in [6.07, 6.45) is 6.54. The van der Waals surface area contributed by atoms with Gasteiger partial charge in [-0.15, -0.1) is 0 Å². The van der Waals surface area contributed by atoms with Gasteiger partial charge in [0.15, 0.2) is 11.6 Å². The topological polar surface area (TPSA) is 41.6 Å². The second-order valence-electron chi connectivity index (χ2n) is 9.72. The summed E-state index contributed by atoms with van der Waals surface area (Å²) in [6, 6.07) is 10.00. The van der Waals surface area contributed by atoms with Gasteiger partial charge in [0.2, 0.25) is 0 Å². The van der Waals surface area contributed by atoms with Crippen LogP contribution in [0.1, 0.15) is 48.3 Å². The molecule has 4 nitrogen and oxygen atoms in total. The minimum Gasteiger partial charge on any atom is -0.496 e. The normalized spacial score (nSPS) is 27.0. The summed E-state index contributed by atoms with van der Waals surface area (Å²) in [4.78, 5) is 14.1. The summed E-state index contributed by atoms with van der Waals surface area (Å²) >= 11 is 0. The van der Waals surface area contributed by atoms with E-state index >= 15 is 0 Å². The lowest BCUT2D eigenvalue weighted by Crippen LogP contribution is -2.49. The van der Waals surface area contributed by atoms with E-state index in [2.05, 4.69) is 17.4 Å². The second kappa shape index (κ2) is 8.72. The van der Waals surface area contributed by atoms with Crippen molar-refractivity contribution in [2.75, 3.05) is 20.2 Å². The highest BCUT2D eigenvalue weighted by atomic mass is 19.2. The fourth-order valence-electron chi connectivity index (χ4n) is 6.07. The zero-order valence-electron chi connectivity index (χ0n) is 18.4. The van der Waals surface area contributed by atoms with Crippen LogP contribution in [0, 0.1) is 29.4 Å². The van der Waals surface area contributed by atoms with Crippen molar-refractivity contribution in [3.8, 4) is 5.75 Å². The molecule has 32 heavy (non-hydrogen) atoms. The zero-order valence-corrected chi connectivity index (χ0v) is 18.4. The number of amides is 2. The van der Waals surface area contributed by atoms with Crippen LogP contribution in [0.5, 0.6) is 5.75 Å². The number of carbonyl (C=O) groups is 1. The van der Waals surface area contributed by atoms with E-state index in [0.29, 0.717) is 18.7 Å². The van der Waals surface area contributed by atoms with E-state index < -0.39 is 11.6 Å². The molecule has 2 bridgehead atoms. The first kappa shape index (κ1) is 21.2. The monoisotopic (exact) mass is 440 g/mol. The van der Waals surface area contributed by atoms with Gasteiger partial charge in [-0.05, 0) is 78.3 Å². The van der Waals surface area contributed by atoms with Gasteiger partial charge in [-0.2, -0.15) is 0 Å². The number of nitrogens with one attached hydrogen (secondary N) is 1. The number of nitrogens with zero attached hydrogens (tertiary/aromatic N) is 1. The van der Waals surface area contributed by atoms with Crippen LogP contribution in [0.3, 0.4) is 0 Å². The molecule has 0 spiro atoms. The number of hydrogen-bond acceptors (Lipinski definition) is 2. The molecule has 3 aliphatic rings. The van der Waals surface area contributed by atoms with E-state index in [0.717, 1.165) is 42.1 Å². The molecule has 2 unspecified atom stereocenters. The molecule has 6 heteroatoms. The van der Waals surface area contributed by atoms with Crippen molar-refractivity contribution >= 4 is 6.03 Å². The van der Waals surface area contributed by atoms with Gasteiger partial charge in [-0.25, -0.2) is 13.6 Å². The molecular formula is C26H30F2N2O2. The number of rotatable bonds is 6. The molecule has 1 saturated heterocycles. The summed E-state index contributed by atoms with van der Waals surface area (Å²) in [5.41, 5.74) is 3.01. The molecule has 4 atom stereocenters. The Hall–Kier alpha value is -2.63. The van der Waals surface area contributed by atoms with E-state index in [1.807, 2.05) is 6.07 Å². The summed E-state index contributed by atoms with van der Waals surface area (Å²) in [7, 11) is 1.73. The Morgan fingerprint density at radius 3 is 2.69 bits per heavy atom. The molecule has 3 fully saturated rings. The van der Waals surface area contributed by atoms with Crippen molar-refractivity contribution in [1.29, 1.82) is 0 Å². The molecule has 0 radical (unpaired) electrons. The minimum absolute atomic E-state index is 0.127. The Kier molecular flexibility index (Phi) is 5.78. The predicted molar refractivity (Wildman–Crippen MR) is 119 cm³/mol. The van der Waals surface area contributed by atoms with Crippen LogP contribution < -0.4 is 10.1 Å². The number of carbonyl (C=O) groups excluding carboxylic acids is 1. The van der Waals surface area contributed by atoms with E-state index in [-0.39, 0.29) is 18.5 Å². The summed E-state index contributed by atoms with van der Waals surface area (Å²) < 4.78 is 32.5. The average Bonchev–Trinajstić information content (AvgIpc) is 3.41. The van der Waals surface area contributed by atoms with Gasteiger partial charge >= 0.3 is 6.03 Å². The molecule has 2 aliphatic carbocycles. The molecule has 170 valence electrons. The van der Waals surface area contributed by atoms with Gasteiger partial charge < -0.3 is 15.0 Å². The minimum atomic E-state index is -0.892. The SMILES string of the molecule is COc1ccc(C2CNC(=O)N(Cc3ccc(F)c(F)c3)C2)cc1CC1C[C@@H]2CC[C@H]1C2. The standard InChI is InChI=1S/C26H30F2N2O2/c1-32-25-7-5-19(11-21(25)12-20-9-16-2-4-18(20)8-16)22-13-29-26(31)30(15-22)14-17-3-6-23(27)24(28)10-17/h3,5-7,10-11,16,18,20,22H,2,4,8-9,12-15H2,1H3,(H,29,31)/t16-,18+,20?,22?/m1/s1. The molecule has 2 amide bonds. The lowest BCUT2D eigenvalue weighted by Gasteiger charge is -2.34. The van der Waals surface area contributed by atoms with Gasteiger partial charge in [0.1, 0.15) is 5.75 Å². The van der Waals surface area contributed by atoms with Gasteiger partial charge in [0, 0.05) is 25.6 Å².